The Kier molecular flexibility index (Phi) is 9.71. The molecule has 0 aliphatic carbocycles. The van der Waals surface area contributed by atoms with Gasteiger partial charge in [0.2, 0.25) is 5.91 Å². The highest BCUT2D eigenvalue weighted by molar-refractivity contribution is 14.1. The fourth-order valence-corrected chi connectivity index (χ4v) is 3.88. The highest BCUT2D eigenvalue weighted by Crippen LogP contribution is 2.32. The largest absolute Gasteiger partial charge is 0.508 e. The smallest absolute Gasteiger partial charge is 0.412 e. The number of nitrogens with one attached hydrogen (secondary N) is 2. The van der Waals surface area contributed by atoms with Crippen LogP contribution in [0, 0.1) is 14.9 Å². The van der Waals surface area contributed by atoms with Gasteiger partial charge in [0.15, 0.2) is 0 Å². The Bertz CT molecular complexity index is 1290. The van der Waals surface area contributed by atoms with Crippen LogP contribution in [-0.4, -0.2) is 17.1 Å². The quantitative estimate of drug-likeness (QED) is 0.102. The number of aromatic hydroxyl groups is 1. The minimum atomic E-state index is -0.704. The third kappa shape index (κ3) is 8.02. The van der Waals surface area contributed by atoms with Gasteiger partial charge in [-0.25, -0.2) is 4.79 Å². The number of allylic oxidation sites excluding steroid dienone is 1. The van der Waals surface area contributed by atoms with E-state index < -0.39 is 12.2 Å². The van der Waals surface area contributed by atoms with Crippen molar-refractivity contribution in [3.05, 3.63) is 93.6 Å². The Morgan fingerprint density at radius 3 is 2.58 bits per heavy atom. The van der Waals surface area contributed by atoms with Crippen LogP contribution >= 0.6 is 22.6 Å². The maximum Gasteiger partial charge on any atom is 0.412 e. The number of phenolic OH excluding ortho intramolecular Hbond substituents is 1. The summed E-state index contributed by atoms with van der Waals surface area (Å²) in [7, 11) is 0. The molecule has 0 fully saturated rings. The third-order valence-electron chi connectivity index (χ3n) is 5.17. The van der Waals surface area contributed by atoms with Crippen LogP contribution in [0.25, 0.3) is 0 Å². The van der Waals surface area contributed by atoms with Gasteiger partial charge < -0.3 is 20.9 Å². The van der Waals surface area contributed by atoms with Crippen molar-refractivity contribution < 1.29 is 19.4 Å². The average Bonchev–Trinajstić information content (AvgIpc) is 2.86. The predicted molar refractivity (Wildman–Crippen MR) is 147 cm³/mol. The van der Waals surface area contributed by atoms with Crippen molar-refractivity contribution in [2.45, 2.75) is 25.4 Å². The summed E-state index contributed by atoms with van der Waals surface area (Å²) in [6, 6.07) is 20.5. The topological polar surface area (TPSA) is 137 Å². The average molecular weight is 596 g/mol. The Morgan fingerprint density at radius 2 is 1.86 bits per heavy atom. The van der Waals surface area contributed by atoms with E-state index in [0.717, 1.165) is 3.57 Å². The number of amides is 2. The molecule has 9 heteroatoms. The number of hydrogen-bond donors (Lipinski definition) is 4. The van der Waals surface area contributed by atoms with Crippen LogP contribution in [0.5, 0.6) is 5.75 Å². The van der Waals surface area contributed by atoms with Gasteiger partial charge in [-0.2, -0.15) is 5.26 Å². The first kappa shape index (κ1) is 26.6. The van der Waals surface area contributed by atoms with Gasteiger partial charge >= 0.3 is 6.09 Å². The molecule has 2 amide bonds. The van der Waals surface area contributed by atoms with Gasteiger partial charge in [-0.15, -0.1) is 0 Å². The van der Waals surface area contributed by atoms with E-state index in [0.29, 0.717) is 47.5 Å². The SMILES string of the molecule is N#Cc1ccc(NC(=O)O[C@H](CCC/C=C/C(=O)Nc2ccccc2N)c2cc(I)ccc2O)cc1. The molecular formula is C27H25IN4O4. The molecule has 36 heavy (non-hydrogen) atoms. The van der Waals surface area contributed by atoms with Crippen LogP contribution in [0.3, 0.4) is 0 Å². The highest BCUT2D eigenvalue weighted by Gasteiger charge is 2.20. The van der Waals surface area contributed by atoms with Crippen molar-refractivity contribution in [1.29, 1.82) is 5.26 Å². The maximum atomic E-state index is 12.6. The van der Waals surface area contributed by atoms with E-state index in [2.05, 4.69) is 33.2 Å². The predicted octanol–water partition coefficient (Wildman–Crippen LogP) is 6.11. The van der Waals surface area contributed by atoms with E-state index in [-0.39, 0.29) is 11.7 Å². The molecule has 1 atom stereocenters. The van der Waals surface area contributed by atoms with Gasteiger partial charge in [0.25, 0.3) is 0 Å². The molecule has 0 spiro atoms. The Hall–Kier alpha value is -4.04. The summed E-state index contributed by atoms with van der Waals surface area (Å²) in [5, 5.41) is 24.7. The lowest BCUT2D eigenvalue weighted by atomic mass is 10.0. The molecule has 184 valence electrons. The third-order valence-corrected chi connectivity index (χ3v) is 5.84. The van der Waals surface area contributed by atoms with Crippen molar-refractivity contribution in [3.63, 3.8) is 0 Å². The summed E-state index contributed by atoms with van der Waals surface area (Å²) in [6.45, 7) is 0. The van der Waals surface area contributed by atoms with E-state index >= 15 is 0 Å². The van der Waals surface area contributed by atoms with E-state index in [1.54, 1.807) is 72.8 Å². The van der Waals surface area contributed by atoms with Crippen LogP contribution < -0.4 is 16.4 Å². The second kappa shape index (κ2) is 13.2. The van der Waals surface area contributed by atoms with Gasteiger partial charge in [-0.05, 0) is 103 Å². The first-order chi connectivity index (χ1) is 17.4. The number of nitrogens with zero attached hydrogens (tertiary/aromatic N) is 1. The van der Waals surface area contributed by atoms with Crippen LogP contribution in [0.4, 0.5) is 21.9 Å². The fourth-order valence-electron chi connectivity index (χ4n) is 3.36. The molecule has 0 aliphatic rings. The van der Waals surface area contributed by atoms with Crippen molar-refractivity contribution in [2.75, 3.05) is 16.4 Å². The van der Waals surface area contributed by atoms with E-state index in [9.17, 15) is 14.7 Å². The van der Waals surface area contributed by atoms with Crippen LogP contribution in [-0.2, 0) is 9.53 Å². The Labute approximate surface area is 222 Å². The normalized spacial score (nSPS) is 11.4. The van der Waals surface area contributed by atoms with Crippen molar-refractivity contribution in [2.24, 2.45) is 0 Å². The van der Waals surface area contributed by atoms with Gasteiger partial charge in [-0.3, -0.25) is 10.1 Å². The molecule has 3 rings (SSSR count). The number of ether oxygens (including phenoxy) is 1. The lowest BCUT2D eigenvalue weighted by molar-refractivity contribution is -0.111. The summed E-state index contributed by atoms with van der Waals surface area (Å²) >= 11 is 2.13. The number of benzene rings is 3. The number of rotatable bonds is 9. The first-order valence-corrected chi connectivity index (χ1v) is 12.2. The maximum absolute atomic E-state index is 12.6. The summed E-state index contributed by atoms with van der Waals surface area (Å²) in [5.41, 5.74) is 8.32. The molecule has 0 aromatic heterocycles. The first-order valence-electron chi connectivity index (χ1n) is 11.1. The number of nitrogen functional groups attached to an aromatic ring is 1. The number of halogens is 1. The number of para-hydroxylation sites is 2. The van der Waals surface area contributed by atoms with Crippen molar-refractivity contribution in [1.82, 2.24) is 0 Å². The van der Waals surface area contributed by atoms with Crippen LogP contribution in [0.15, 0.2) is 78.9 Å². The van der Waals surface area contributed by atoms with Crippen molar-refractivity contribution >= 4 is 51.7 Å². The molecule has 3 aromatic rings. The molecule has 0 radical (unpaired) electrons. The molecule has 3 aromatic carbocycles. The molecule has 0 aliphatic heterocycles. The number of unbranched alkanes of at least 4 members (excludes halogenated alkanes) is 1. The number of nitrogens with two attached hydrogens (primary N) is 1. The minimum Gasteiger partial charge on any atom is -0.508 e. The van der Waals surface area contributed by atoms with Gasteiger partial charge in [-0.1, -0.05) is 18.2 Å². The van der Waals surface area contributed by atoms with Gasteiger partial charge in [0, 0.05) is 14.8 Å². The number of carbonyl (C=O) groups excluding carboxylic acids is 2. The number of carbonyl (C=O) groups is 2. The summed E-state index contributed by atoms with van der Waals surface area (Å²) in [6.07, 6.45) is 3.35. The zero-order valence-electron chi connectivity index (χ0n) is 19.3. The molecular weight excluding hydrogens is 571 g/mol. The number of hydrogen-bond acceptors (Lipinski definition) is 6. The van der Waals surface area contributed by atoms with Crippen LogP contribution in [0.1, 0.15) is 36.5 Å². The number of nitriles is 1. The summed E-state index contributed by atoms with van der Waals surface area (Å²) in [5.74, 6) is -0.264. The zero-order valence-corrected chi connectivity index (χ0v) is 21.4. The van der Waals surface area contributed by atoms with E-state index in [1.807, 2.05) is 6.07 Å². The van der Waals surface area contributed by atoms with Crippen molar-refractivity contribution in [3.8, 4) is 11.8 Å². The lowest BCUT2D eigenvalue weighted by Gasteiger charge is -2.20. The molecule has 0 saturated heterocycles. The summed E-state index contributed by atoms with van der Waals surface area (Å²) in [4.78, 5) is 24.7. The molecule has 5 N–H and O–H groups in total. The lowest BCUT2D eigenvalue weighted by Crippen LogP contribution is -2.18. The summed E-state index contributed by atoms with van der Waals surface area (Å²) < 4.78 is 6.54. The monoisotopic (exact) mass is 596 g/mol. The van der Waals surface area contributed by atoms with Gasteiger partial charge in [0.05, 0.1) is 23.0 Å². The van der Waals surface area contributed by atoms with E-state index in [1.165, 1.54) is 6.08 Å². The zero-order chi connectivity index (χ0) is 25.9. The Morgan fingerprint density at radius 1 is 1.11 bits per heavy atom. The molecule has 0 heterocycles. The fraction of sp³-hybridized carbons (Fsp3) is 0.148. The molecule has 8 nitrogen and oxygen atoms in total. The second-order valence-corrected chi connectivity index (χ2v) is 9.07. The highest BCUT2D eigenvalue weighted by atomic mass is 127. The standard InChI is InChI=1S/C27H25IN4O4/c28-19-12-15-24(33)21(16-19)25(36-27(35)31-20-13-10-18(17-29)11-14-20)8-2-1-3-9-26(34)32-23-7-5-4-6-22(23)30/h3-7,9-16,25,33H,1-2,8,30H2,(H,31,35)(H,32,34)/b9-3+/t25-/m1/s1. The van der Waals surface area contributed by atoms with Crippen LogP contribution in [0.2, 0.25) is 0 Å². The van der Waals surface area contributed by atoms with E-state index in [4.69, 9.17) is 15.7 Å². The molecule has 0 unspecified atom stereocenters. The van der Waals surface area contributed by atoms with Gasteiger partial charge in [0.1, 0.15) is 11.9 Å². The minimum absolute atomic E-state index is 0.0296. The molecule has 0 saturated carbocycles. The number of phenols is 1. The number of anilines is 3. The second-order valence-electron chi connectivity index (χ2n) is 7.82. The molecule has 0 bridgehead atoms. The Balaban J connectivity index is 1.60.